The second kappa shape index (κ2) is 5.81. The van der Waals surface area contributed by atoms with E-state index >= 15 is 0 Å². The second-order valence-corrected chi connectivity index (χ2v) is 5.59. The molecule has 1 fully saturated rings. The maximum absolute atomic E-state index is 13.7. The predicted molar refractivity (Wildman–Crippen MR) is 79.6 cm³/mol. The van der Waals surface area contributed by atoms with Gasteiger partial charge in [-0.15, -0.1) is 5.10 Å². The Morgan fingerprint density at radius 3 is 3.05 bits per heavy atom. The number of anilines is 1. The molecule has 6 heteroatoms. The van der Waals surface area contributed by atoms with E-state index in [0.717, 1.165) is 19.4 Å². The topological polar surface area (TPSA) is 70.8 Å². The fourth-order valence-corrected chi connectivity index (χ4v) is 2.77. The first kappa shape index (κ1) is 14.0. The molecule has 112 valence electrons. The first-order valence-corrected chi connectivity index (χ1v) is 7.32. The van der Waals surface area contributed by atoms with Crippen LogP contribution in [-0.2, 0) is 6.42 Å². The van der Waals surface area contributed by atoms with Crippen molar-refractivity contribution in [2.24, 2.45) is 5.73 Å². The van der Waals surface area contributed by atoms with E-state index in [1.807, 2.05) is 6.07 Å². The molecule has 5 nitrogen and oxygen atoms in total. The van der Waals surface area contributed by atoms with Crippen LogP contribution < -0.4 is 10.6 Å². The molecule has 21 heavy (non-hydrogen) atoms. The van der Waals surface area contributed by atoms with Crippen molar-refractivity contribution >= 4 is 5.95 Å². The summed E-state index contributed by atoms with van der Waals surface area (Å²) in [5.74, 6) is 1.11. The number of aromatic nitrogens is 3. The smallest absolute Gasteiger partial charge is 0.245 e. The minimum atomic E-state index is -0.219. The number of hydrogen-bond acceptors (Lipinski definition) is 4. The molecule has 1 aliphatic heterocycles. The van der Waals surface area contributed by atoms with Crippen LogP contribution in [0.2, 0.25) is 0 Å². The Labute approximate surface area is 123 Å². The molecular weight excluding hydrogens is 269 g/mol. The first-order chi connectivity index (χ1) is 10.1. The molecule has 2 unspecified atom stereocenters. The van der Waals surface area contributed by atoms with Gasteiger partial charge in [0.15, 0.2) is 0 Å². The average molecular weight is 289 g/mol. The van der Waals surface area contributed by atoms with Gasteiger partial charge in [-0.2, -0.15) is 4.98 Å². The molecule has 0 aliphatic carbocycles. The maximum Gasteiger partial charge on any atom is 0.245 e. The molecule has 0 spiro atoms. The van der Waals surface area contributed by atoms with Gasteiger partial charge in [0.2, 0.25) is 5.95 Å². The Morgan fingerprint density at radius 1 is 1.43 bits per heavy atom. The number of benzene rings is 1. The standard InChI is InChI=1S/C15H20FN5/c1-10-13(17)7-4-8-21(10)15-18-14(19-20-15)9-11-5-2-3-6-12(11)16/h2-3,5-6,10,13H,4,7-9,17H2,1H3,(H,18,19,20). The monoisotopic (exact) mass is 289 g/mol. The summed E-state index contributed by atoms with van der Waals surface area (Å²) in [6.45, 7) is 3.00. The third-order valence-electron chi connectivity index (χ3n) is 4.14. The van der Waals surface area contributed by atoms with Crippen molar-refractivity contribution in [3.8, 4) is 0 Å². The molecule has 0 amide bonds. The molecule has 1 aliphatic rings. The maximum atomic E-state index is 13.7. The second-order valence-electron chi connectivity index (χ2n) is 5.59. The minimum absolute atomic E-state index is 0.146. The highest BCUT2D eigenvalue weighted by Gasteiger charge is 2.27. The van der Waals surface area contributed by atoms with Crippen molar-refractivity contribution < 1.29 is 4.39 Å². The quantitative estimate of drug-likeness (QED) is 0.904. The summed E-state index contributed by atoms with van der Waals surface area (Å²) in [5.41, 5.74) is 6.71. The Hall–Kier alpha value is -1.95. The number of H-pyrrole nitrogens is 1. The highest BCUT2D eigenvalue weighted by atomic mass is 19.1. The number of rotatable bonds is 3. The lowest BCUT2D eigenvalue weighted by molar-refractivity contribution is 0.416. The molecule has 3 N–H and O–H groups in total. The molecule has 1 saturated heterocycles. The summed E-state index contributed by atoms with van der Waals surface area (Å²) in [4.78, 5) is 6.61. The first-order valence-electron chi connectivity index (χ1n) is 7.32. The van der Waals surface area contributed by atoms with Crippen molar-refractivity contribution in [1.82, 2.24) is 15.2 Å². The highest BCUT2D eigenvalue weighted by Crippen LogP contribution is 2.21. The van der Waals surface area contributed by atoms with Crippen LogP contribution in [-0.4, -0.2) is 33.8 Å². The molecule has 0 saturated carbocycles. The Bertz CT molecular complexity index is 612. The number of aromatic amines is 1. The van der Waals surface area contributed by atoms with Gasteiger partial charge in [0, 0.05) is 25.0 Å². The Balaban J connectivity index is 1.76. The van der Waals surface area contributed by atoms with Gasteiger partial charge in [0.1, 0.15) is 11.6 Å². The molecule has 3 rings (SSSR count). The van der Waals surface area contributed by atoms with Gasteiger partial charge < -0.3 is 10.6 Å². The summed E-state index contributed by atoms with van der Waals surface area (Å²) in [6, 6.07) is 7.08. The van der Waals surface area contributed by atoms with Crippen LogP contribution in [0.1, 0.15) is 31.2 Å². The van der Waals surface area contributed by atoms with E-state index in [0.29, 0.717) is 23.8 Å². The van der Waals surface area contributed by atoms with E-state index in [9.17, 15) is 4.39 Å². The molecule has 2 atom stereocenters. The zero-order chi connectivity index (χ0) is 14.8. The lowest BCUT2D eigenvalue weighted by Crippen LogP contribution is -2.50. The van der Waals surface area contributed by atoms with Gasteiger partial charge in [0.05, 0.1) is 0 Å². The normalized spacial score (nSPS) is 22.5. The lowest BCUT2D eigenvalue weighted by Gasteiger charge is -2.36. The number of hydrogen-bond donors (Lipinski definition) is 2. The van der Waals surface area contributed by atoms with Crippen molar-refractivity contribution in [1.29, 1.82) is 0 Å². The van der Waals surface area contributed by atoms with E-state index < -0.39 is 0 Å². The van der Waals surface area contributed by atoms with Crippen LogP contribution in [0, 0.1) is 5.82 Å². The summed E-state index contributed by atoms with van der Waals surface area (Å²) in [6.07, 6.45) is 2.49. The Kier molecular flexibility index (Phi) is 3.88. The highest BCUT2D eigenvalue weighted by molar-refractivity contribution is 5.33. The van der Waals surface area contributed by atoms with Gasteiger partial charge >= 0.3 is 0 Å². The molecule has 2 heterocycles. The minimum Gasteiger partial charge on any atom is -0.335 e. The van der Waals surface area contributed by atoms with E-state index in [-0.39, 0.29) is 17.9 Å². The van der Waals surface area contributed by atoms with Crippen LogP contribution in [0.4, 0.5) is 10.3 Å². The van der Waals surface area contributed by atoms with Gasteiger partial charge in [-0.25, -0.2) is 4.39 Å². The van der Waals surface area contributed by atoms with Crippen LogP contribution >= 0.6 is 0 Å². The molecule has 0 radical (unpaired) electrons. The number of nitrogens with two attached hydrogens (primary N) is 1. The largest absolute Gasteiger partial charge is 0.335 e. The van der Waals surface area contributed by atoms with E-state index in [4.69, 9.17) is 5.73 Å². The molecule has 0 bridgehead atoms. The predicted octanol–water partition coefficient (Wildman–Crippen LogP) is 1.85. The zero-order valence-electron chi connectivity index (χ0n) is 12.1. The van der Waals surface area contributed by atoms with Crippen molar-refractivity contribution in [2.45, 2.75) is 38.3 Å². The molecule has 2 aromatic rings. The number of nitrogens with zero attached hydrogens (tertiary/aromatic N) is 3. The van der Waals surface area contributed by atoms with Gasteiger partial charge in [-0.3, -0.25) is 5.10 Å². The van der Waals surface area contributed by atoms with Crippen LogP contribution in [0.3, 0.4) is 0 Å². The van der Waals surface area contributed by atoms with Crippen molar-refractivity contribution in [3.05, 3.63) is 41.5 Å². The fraction of sp³-hybridized carbons (Fsp3) is 0.467. The summed E-state index contributed by atoms with van der Waals surface area (Å²) >= 11 is 0. The molecule has 1 aromatic heterocycles. The van der Waals surface area contributed by atoms with Gasteiger partial charge in [-0.1, -0.05) is 18.2 Å². The van der Waals surface area contributed by atoms with Crippen LogP contribution in [0.15, 0.2) is 24.3 Å². The van der Waals surface area contributed by atoms with Gasteiger partial charge in [0.25, 0.3) is 0 Å². The van der Waals surface area contributed by atoms with E-state index in [2.05, 4.69) is 27.0 Å². The lowest BCUT2D eigenvalue weighted by atomic mass is 9.99. The number of nitrogens with one attached hydrogen (secondary N) is 1. The number of piperidine rings is 1. The SMILES string of the molecule is CC1C(N)CCCN1c1n[nH]c(Cc2ccccc2F)n1. The Morgan fingerprint density at radius 2 is 2.24 bits per heavy atom. The third-order valence-corrected chi connectivity index (χ3v) is 4.14. The van der Waals surface area contributed by atoms with Crippen molar-refractivity contribution in [3.63, 3.8) is 0 Å². The summed E-state index contributed by atoms with van der Waals surface area (Å²) in [7, 11) is 0. The molecular formula is C15H20FN5. The summed E-state index contributed by atoms with van der Waals surface area (Å²) in [5, 5.41) is 7.17. The zero-order valence-corrected chi connectivity index (χ0v) is 12.1. The summed E-state index contributed by atoms with van der Waals surface area (Å²) < 4.78 is 13.7. The molecule has 1 aromatic carbocycles. The van der Waals surface area contributed by atoms with Crippen LogP contribution in [0.25, 0.3) is 0 Å². The fourth-order valence-electron chi connectivity index (χ4n) is 2.77. The van der Waals surface area contributed by atoms with Crippen LogP contribution in [0.5, 0.6) is 0 Å². The van der Waals surface area contributed by atoms with E-state index in [1.54, 1.807) is 12.1 Å². The third kappa shape index (κ3) is 2.90. The number of halogens is 1. The van der Waals surface area contributed by atoms with Crippen molar-refractivity contribution in [2.75, 3.05) is 11.4 Å². The van der Waals surface area contributed by atoms with E-state index in [1.165, 1.54) is 6.07 Å². The van der Waals surface area contributed by atoms with Gasteiger partial charge in [-0.05, 0) is 31.4 Å². The average Bonchev–Trinajstić information content (AvgIpc) is 2.93.